The Morgan fingerprint density at radius 2 is 0.868 bits per heavy atom. The van der Waals surface area contributed by atoms with Crippen LogP contribution in [0, 0.1) is 20.8 Å². The SMILES string of the molecule is CCOC(CCCCCCCC[P+](c1ccc(C)cc1)(c1ccc(C)cc1)c1ccc(C)cc1)OCC.[Cl-]. The number of ether oxygens (including phenoxy) is 2. The lowest BCUT2D eigenvalue weighted by molar-refractivity contribution is -0.140. The van der Waals surface area contributed by atoms with Gasteiger partial charge < -0.3 is 21.9 Å². The van der Waals surface area contributed by atoms with Crippen molar-refractivity contribution in [3.63, 3.8) is 0 Å². The lowest BCUT2D eigenvalue weighted by Crippen LogP contribution is -3.00. The molecule has 0 amide bonds. The van der Waals surface area contributed by atoms with Gasteiger partial charge in [0.1, 0.15) is 23.2 Å². The maximum absolute atomic E-state index is 5.69. The van der Waals surface area contributed by atoms with Gasteiger partial charge in [0.25, 0.3) is 0 Å². The predicted molar refractivity (Wildman–Crippen MR) is 164 cm³/mol. The van der Waals surface area contributed by atoms with Gasteiger partial charge >= 0.3 is 0 Å². The summed E-state index contributed by atoms with van der Waals surface area (Å²) in [6.07, 6.45) is 9.75. The number of aryl methyl sites for hydroxylation is 3. The maximum atomic E-state index is 5.69. The zero-order chi connectivity index (χ0) is 26.5. The fourth-order valence-electron chi connectivity index (χ4n) is 5.19. The first-order valence-electron chi connectivity index (χ1n) is 14.3. The highest BCUT2D eigenvalue weighted by Crippen LogP contribution is 2.56. The van der Waals surface area contributed by atoms with Crippen LogP contribution in [0.2, 0.25) is 0 Å². The molecule has 4 heteroatoms. The van der Waals surface area contributed by atoms with Gasteiger partial charge in [0.05, 0.1) is 6.16 Å². The summed E-state index contributed by atoms with van der Waals surface area (Å²) in [5.74, 6) is 0. The first kappa shape index (κ1) is 32.5. The van der Waals surface area contributed by atoms with Crippen LogP contribution >= 0.6 is 7.26 Å². The van der Waals surface area contributed by atoms with Crippen molar-refractivity contribution in [2.75, 3.05) is 19.4 Å². The lowest BCUT2D eigenvalue weighted by atomic mass is 10.1. The molecule has 0 spiro atoms. The fourth-order valence-corrected chi connectivity index (χ4v) is 9.53. The van der Waals surface area contributed by atoms with Gasteiger partial charge in [-0.15, -0.1) is 0 Å². The van der Waals surface area contributed by atoms with Crippen LogP contribution in [0.15, 0.2) is 72.8 Å². The summed E-state index contributed by atoms with van der Waals surface area (Å²) >= 11 is 0. The quantitative estimate of drug-likeness (QED) is 0.140. The Bertz CT molecular complexity index is 915. The van der Waals surface area contributed by atoms with E-state index < -0.39 is 7.26 Å². The Morgan fingerprint density at radius 3 is 1.24 bits per heavy atom. The molecule has 2 nitrogen and oxygen atoms in total. The molecular formula is C34H48ClO2P. The molecule has 3 rings (SSSR count). The molecule has 0 aromatic heterocycles. The van der Waals surface area contributed by atoms with Gasteiger partial charge in [0, 0.05) is 13.2 Å². The summed E-state index contributed by atoms with van der Waals surface area (Å²) in [4.78, 5) is 0. The van der Waals surface area contributed by atoms with Gasteiger partial charge in [-0.1, -0.05) is 72.4 Å². The molecule has 3 aromatic carbocycles. The molecule has 3 aromatic rings. The largest absolute Gasteiger partial charge is 1.00 e. The normalized spacial score (nSPS) is 11.5. The Morgan fingerprint density at radius 1 is 0.526 bits per heavy atom. The van der Waals surface area contributed by atoms with Crippen molar-refractivity contribution in [3.8, 4) is 0 Å². The molecule has 0 unspecified atom stereocenters. The minimum atomic E-state index is -1.74. The first-order valence-corrected chi connectivity index (χ1v) is 16.3. The topological polar surface area (TPSA) is 18.5 Å². The molecule has 0 saturated carbocycles. The van der Waals surface area contributed by atoms with Crippen LogP contribution < -0.4 is 28.3 Å². The molecule has 0 bridgehead atoms. The van der Waals surface area contributed by atoms with Crippen molar-refractivity contribution in [1.82, 2.24) is 0 Å². The number of hydrogen-bond acceptors (Lipinski definition) is 2. The summed E-state index contributed by atoms with van der Waals surface area (Å²) in [6, 6.07) is 28.2. The second-order valence-corrected chi connectivity index (χ2v) is 13.9. The molecule has 0 N–H and O–H groups in total. The molecule has 208 valence electrons. The first-order chi connectivity index (χ1) is 18.0. The maximum Gasteiger partial charge on any atom is 0.157 e. The van der Waals surface area contributed by atoms with E-state index in [1.807, 2.05) is 13.8 Å². The molecule has 0 radical (unpaired) electrons. The third-order valence-electron chi connectivity index (χ3n) is 7.31. The van der Waals surface area contributed by atoms with Gasteiger partial charge in [-0.25, -0.2) is 0 Å². The molecule has 0 heterocycles. The molecule has 38 heavy (non-hydrogen) atoms. The third kappa shape index (κ3) is 9.20. The summed E-state index contributed by atoms with van der Waals surface area (Å²) in [6.45, 7) is 12.1. The summed E-state index contributed by atoms with van der Waals surface area (Å²) in [5.41, 5.74) is 3.97. The molecule has 0 aliphatic heterocycles. The number of unbranched alkanes of at least 4 members (excludes halogenated alkanes) is 5. The van der Waals surface area contributed by atoms with Crippen LogP contribution in [0.4, 0.5) is 0 Å². The van der Waals surface area contributed by atoms with Crippen LogP contribution in [0.5, 0.6) is 0 Å². The average Bonchev–Trinajstić information content (AvgIpc) is 2.90. The van der Waals surface area contributed by atoms with Crippen molar-refractivity contribution in [2.45, 2.75) is 85.9 Å². The molecular weight excluding hydrogens is 507 g/mol. The summed E-state index contributed by atoms with van der Waals surface area (Å²) in [7, 11) is -1.74. The Hall–Kier alpha value is -1.70. The van der Waals surface area contributed by atoms with E-state index in [0.717, 1.165) is 19.6 Å². The monoisotopic (exact) mass is 554 g/mol. The van der Waals surface area contributed by atoms with Crippen LogP contribution in [0.3, 0.4) is 0 Å². The second-order valence-electron chi connectivity index (χ2n) is 10.3. The highest BCUT2D eigenvalue weighted by Gasteiger charge is 2.44. The van der Waals surface area contributed by atoms with E-state index in [9.17, 15) is 0 Å². The number of halogens is 1. The fraction of sp³-hybridized carbons (Fsp3) is 0.471. The van der Waals surface area contributed by atoms with Gasteiger partial charge in [-0.05, 0) is 96.7 Å². The lowest BCUT2D eigenvalue weighted by Gasteiger charge is -2.28. The van der Waals surface area contributed by atoms with E-state index in [-0.39, 0.29) is 18.7 Å². The highest BCUT2D eigenvalue weighted by molar-refractivity contribution is 7.95. The van der Waals surface area contributed by atoms with Crippen LogP contribution in [0.1, 0.15) is 75.5 Å². The van der Waals surface area contributed by atoms with E-state index >= 15 is 0 Å². The number of benzene rings is 3. The predicted octanol–water partition coefficient (Wildman–Crippen LogP) is 5.04. The minimum absolute atomic E-state index is 0. The Labute approximate surface area is 239 Å². The molecule has 0 saturated heterocycles. The van der Waals surface area contributed by atoms with E-state index in [4.69, 9.17) is 9.47 Å². The van der Waals surface area contributed by atoms with Crippen molar-refractivity contribution < 1.29 is 21.9 Å². The van der Waals surface area contributed by atoms with Crippen LogP contribution in [-0.4, -0.2) is 25.7 Å². The Balaban J connectivity index is 0.00000507. The number of rotatable bonds is 16. The van der Waals surface area contributed by atoms with Gasteiger partial charge in [0.2, 0.25) is 0 Å². The van der Waals surface area contributed by atoms with Crippen molar-refractivity contribution in [2.24, 2.45) is 0 Å². The molecule has 0 aliphatic rings. The van der Waals surface area contributed by atoms with E-state index in [1.54, 1.807) is 0 Å². The van der Waals surface area contributed by atoms with E-state index in [0.29, 0.717) is 0 Å². The minimum Gasteiger partial charge on any atom is -1.00 e. The highest BCUT2D eigenvalue weighted by atomic mass is 35.5. The number of hydrogen-bond donors (Lipinski definition) is 0. The Kier molecular flexibility index (Phi) is 14.6. The average molecular weight is 555 g/mol. The van der Waals surface area contributed by atoms with Crippen molar-refractivity contribution in [1.29, 1.82) is 0 Å². The van der Waals surface area contributed by atoms with Gasteiger partial charge in [-0.2, -0.15) is 0 Å². The standard InChI is InChI=1S/C34H48O2P.ClH/c1-6-35-34(36-7-2)14-12-10-8-9-11-13-27-37(31-21-15-28(3)16-22-31,32-23-17-29(4)18-24-32)33-25-19-30(5)20-26-33;/h15-26,34H,6-14,27H2,1-5H3;1H/q+1;/p-1. The van der Waals surface area contributed by atoms with E-state index in [1.165, 1.54) is 77.3 Å². The third-order valence-corrected chi connectivity index (χ3v) is 11.8. The van der Waals surface area contributed by atoms with Gasteiger partial charge in [-0.3, -0.25) is 0 Å². The van der Waals surface area contributed by atoms with Crippen molar-refractivity contribution >= 4 is 23.2 Å². The molecule has 0 fully saturated rings. The summed E-state index contributed by atoms with van der Waals surface area (Å²) in [5, 5.41) is 4.51. The molecule has 0 aliphatic carbocycles. The van der Waals surface area contributed by atoms with E-state index in [2.05, 4.69) is 93.6 Å². The van der Waals surface area contributed by atoms with Crippen molar-refractivity contribution in [3.05, 3.63) is 89.5 Å². The van der Waals surface area contributed by atoms with Gasteiger partial charge in [0.15, 0.2) is 6.29 Å². The molecule has 0 atom stereocenters. The smallest absolute Gasteiger partial charge is 0.157 e. The second kappa shape index (κ2) is 17.1. The zero-order valence-electron chi connectivity index (χ0n) is 24.2. The summed E-state index contributed by atoms with van der Waals surface area (Å²) < 4.78 is 11.4. The van der Waals surface area contributed by atoms with Crippen LogP contribution in [-0.2, 0) is 9.47 Å². The van der Waals surface area contributed by atoms with Crippen LogP contribution in [0.25, 0.3) is 0 Å². The zero-order valence-corrected chi connectivity index (χ0v) is 25.9.